The van der Waals surface area contributed by atoms with Gasteiger partial charge < -0.3 is 5.32 Å². The van der Waals surface area contributed by atoms with E-state index in [0.717, 1.165) is 11.4 Å². The zero-order valence-electron chi connectivity index (χ0n) is 14.3. The molecule has 0 spiro atoms. The summed E-state index contributed by atoms with van der Waals surface area (Å²) in [6, 6.07) is 9.17. The van der Waals surface area contributed by atoms with Gasteiger partial charge in [0.05, 0.1) is 17.1 Å². The lowest BCUT2D eigenvalue weighted by molar-refractivity contribution is 0.589. The largest absolute Gasteiger partial charge is 0.376 e. The van der Waals surface area contributed by atoms with E-state index in [0.29, 0.717) is 0 Å². The van der Waals surface area contributed by atoms with E-state index in [1.54, 1.807) is 0 Å². The third-order valence-electron chi connectivity index (χ3n) is 4.15. The molecule has 0 bridgehead atoms. The van der Waals surface area contributed by atoms with Crippen LogP contribution >= 0.6 is 0 Å². The van der Waals surface area contributed by atoms with Crippen LogP contribution in [0.4, 0.5) is 5.69 Å². The van der Waals surface area contributed by atoms with E-state index in [4.69, 9.17) is 0 Å². The Morgan fingerprint density at radius 2 is 1.67 bits per heavy atom. The van der Waals surface area contributed by atoms with Gasteiger partial charge in [-0.15, -0.1) is 0 Å². The molecule has 0 aliphatic carbocycles. The normalized spacial score (nSPS) is 13.3. The summed E-state index contributed by atoms with van der Waals surface area (Å²) in [5.74, 6) is 0. The lowest BCUT2D eigenvalue weighted by atomic mass is 9.86. The number of nitrogens with one attached hydrogen (secondary N) is 1. The number of benzene rings is 1. The fourth-order valence-electron chi connectivity index (χ4n) is 2.55. The van der Waals surface area contributed by atoms with Crippen LogP contribution in [0, 0.1) is 13.8 Å². The molecule has 0 amide bonds. The van der Waals surface area contributed by atoms with Crippen molar-refractivity contribution < 1.29 is 0 Å². The van der Waals surface area contributed by atoms with Gasteiger partial charge in [0, 0.05) is 13.1 Å². The van der Waals surface area contributed by atoms with E-state index in [9.17, 15) is 0 Å². The summed E-state index contributed by atoms with van der Waals surface area (Å²) in [5, 5.41) is 8.05. The van der Waals surface area contributed by atoms with Gasteiger partial charge >= 0.3 is 0 Å². The van der Waals surface area contributed by atoms with Crippen LogP contribution in [0.5, 0.6) is 0 Å². The molecule has 0 saturated carbocycles. The average Bonchev–Trinajstić information content (AvgIpc) is 2.64. The molecule has 0 saturated heterocycles. The Morgan fingerprint density at radius 3 is 2.10 bits per heavy atom. The van der Waals surface area contributed by atoms with Crippen LogP contribution in [-0.4, -0.2) is 9.78 Å². The Labute approximate surface area is 128 Å². The summed E-state index contributed by atoms with van der Waals surface area (Å²) in [6.07, 6.45) is 0. The third-order valence-corrected chi connectivity index (χ3v) is 4.15. The van der Waals surface area contributed by atoms with Gasteiger partial charge in [-0.2, -0.15) is 5.10 Å². The van der Waals surface area contributed by atoms with Crippen molar-refractivity contribution in [2.75, 3.05) is 5.32 Å². The van der Waals surface area contributed by atoms with Gasteiger partial charge in [0.15, 0.2) is 0 Å². The SMILES string of the molecule is Cc1nn(C)c(C)c1NC(C)c1ccc(C(C)(C)C)cc1. The van der Waals surface area contributed by atoms with Crippen molar-refractivity contribution >= 4 is 5.69 Å². The van der Waals surface area contributed by atoms with Crippen molar-refractivity contribution in [3.05, 3.63) is 46.8 Å². The molecule has 0 fully saturated rings. The molecule has 1 N–H and O–H groups in total. The highest BCUT2D eigenvalue weighted by Crippen LogP contribution is 2.27. The fraction of sp³-hybridized carbons (Fsp3) is 0.500. The minimum atomic E-state index is 0.200. The monoisotopic (exact) mass is 285 g/mol. The minimum absolute atomic E-state index is 0.200. The van der Waals surface area contributed by atoms with Crippen molar-refractivity contribution in [2.24, 2.45) is 7.05 Å². The summed E-state index contributed by atoms with van der Waals surface area (Å²) < 4.78 is 1.92. The topological polar surface area (TPSA) is 29.9 Å². The quantitative estimate of drug-likeness (QED) is 0.899. The van der Waals surface area contributed by atoms with Gasteiger partial charge in [-0.25, -0.2) is 0 Å². The standard InChI is InChI=1S/C18H27N3/c1-12(19-17-13(2)20-21(7)14(17)3)15-8-10-16(11-9-15)18(4,5)6/h8-12,19H,1-7H3. The van der Waals surface area contributed by atoms with Crippen LogP contribution in [0.15, 0.2) is 24.3 Å². The van der Waals surface area contributed by atoms with Crippen LogP contribution in [0.3, 0.4) is 0 Å². The Kier molecular flexibility index (Phi) is 4.13. The lowest BCUT2D eigenvalue weighted by Crippen LogP contribution is -2.12. The molecule has 114 valence electrons. The van der Waals surface area contributed by atoms with Crippen LogP contribution < -0.4 is 5.32 Å². The maximum absolute atomic E-state index is 4.46. The van der Waals surface area contributed by atoms with Gasteiger partial charge in [0.2, 0.25) is 0 Å². The zero-order valence-corrected chi connectivity index (χ0v) is 14.3. The van der Waals surface area contributed by atoms with E-state index in [2.05, 4.69) is 69.3 Å². The molecule has 1 atom stereocenters. The molecule has 1 aromatic heterocycles. The van der Waals surface area contributed by atoms with E-state index in [-0.39, 0.29) is 11.5 Å². The smallest absolute Gasteiger partial charge is 0.0828 e. The third kappa shape index (κ3) is 3.29. The van der Waals surface area contributed by atoms with Gasteiger partial charge in [-0.05, 0) is 37.3 Å². The summed E-state index contributed by atoms with van der Waals surface area (Å²) in [7, 11) is 1.98. The minimum Gasteiger partial charge on any atom is -0.376 e. The van der Waals surface area contributed by atoms with Gasteiger partial charge in [-0.1, -0.05) is 45.0 Å². The molecule has 1 heterocycles. The first kappa shape index (κ1) is 15.6. The van der Waals surface area contributed by atoms with E-state index < -0.39 is 0 Å². The number of aromatic nitrogens is 2. The van der Waals surface area contributed by atoms with Crippen molar-refractivity contribution in [1.29, 1.82) is 0 Å². The molecule has 3 heteroatoms. The van der Waals surface area contributed by atoms with Crippen molar-refractivity contribution in [2.45, 2.75) is 53.0 Å². The van der Waals surface area contributed by atoms with Crippen LogP contribution in [0.2, 0.25) is 0 Å². The van der Waals surface area contributed by atoms with Crippen LogP contribution in [-0.2, 0) is 12.5 Å². The number of aryl methyl sites for hydroxylation is 2. The number of anilines is 1. The second-order valence-electron chi connectivity index (χ2n) is 6.91. The number of nitrogens with zero attached hydrogens (tertiary/aromatic N) is 2. The first-order chi connectivity index (χ1) is 9.70. The number of rotatable bonds is 3. The Bertz CT molecular complexity index is 615. The van der Waals surface area contributed by atoms with Gasteiger partial charge in [0.25, 0.3) is 0 Å². The first-order valence-corrected chi connectivity index (χ1v) is 7.57. The summed E-state index contributed by atoms with van der Waals surface area (Å²) in [4.78, 5) is 0. The molecule has 2 aromatic rings. The molecule has 0 aliphatic heterocycles. The maximum Gasteiger partial charge on any atom is 0.0828 e. The molecule has 2 rings (SSSR count). The fourth-order valence-corrected chi connectivity index (χ4v) is 2.55. The summed E-state index contributed by atoms with van der Waals surface area (Å²) in [5.41, 5.74) is 6.23. The van der Waals surface area contributed by atoms with Crippen molar-refractivity contribution in [1.82, 2.24) is 9.78 Å². The van der Waals surface area contributed by atoms with E-state index in [1.807, 2.05) is 18.7 Å². The average molecular weight is 285 g/mol. The highest BCUT2D eigenvalue weighted by Gasteiger charge is 2.16. The zero-order chi connectivity index (χ0) is 15.8. The predicted octanol–water partition coefficient (Wildman–Crippen LogP) is 4.51. The summed E-state index contributed by atoms with van der Waals surface area (Å²) >= 11 is 0. The number of hydrogen-bond acceptors (Lipinski definition) is 2. The molecule has 3 nitrogen and oxygen atoms in total. The lowest BCUT2D eigenvalue weighted by Gasteiger charge is -2.21. The molecule has 21 heavy (non-hydrogen) atoms. The highest BCUT2D eigenvalue weighted by atomic mass is 15.3. The predicted molar refractivity (Wildman–Crippen MR) is 89.9 cm³/mol. The van der Waals surface area contributed by atoms with Gasteiger partial charge in [0.1, 0.15) is 0 Å². The summed E-state index contributed by atoms with van der Waals surface area (Å²) in [6.45, 7) is 13.1. The molecular weight excluding hydrogens is 258 g/mol. The molecule has 1 unspecified atom stereocenters. The van der Waals surface area contributed by atoms with Crippen LogP contribution in [0.25, 0.3) is 0 Å². The number of hydrogen-bond donors (Lipinski definition) is 1. The maximum atomic E-state index is 4.46. The van der Waals surface area contributed by atoms with Crippen LogP contribution in [0.1, 0.15) is 56.3 Å². The van der Waals surface area contributed by atoms with Crippen molar-refractivity contribution in [3.63, 3.8) is 0 Å². The van der Waals surface area contributed by atoms with Crippen molar-refractivity contribution in [3.8, 4) is 0 Å². The first-order valence-electron chi connectivity index (χ1n) is 7.57. The van der Waals surface area contributed by atoms with E-state index in [1.165, 1.54) is 16.8 Å². The van der Waals surface area contributed by atoms with Gasteiger partial charge in [-0.3, -0.25) is 4.68 Å². The second kappa shape index (κ2) is 5.55. The Morgan fingerprint density at radius 1 is 1.10 bits per heavy atom. The molecular formula is C18H27N3. The Hall–Kier alpha value is -1.77. The Balaban J connectivity index is 2.19. The second-order valence-corrected chi connectivity index (χ2v) is 6.91. The highest BCUT2D eigenvalue weighted by molar-refractivity contribution is 5.53. The molecule has 1 aromatic carbocycles. The molecule has 0 aliphatic rings. The van der Waals surface area contributed by atoms with E-state index >= 15 is 0 Å². The molecule has 0 radical (unpaired) electrons.